The van der Waals surface area contributed by atoms with Crippen LogP contribution in [0.2, 0.25) is 0 Å². The van der Waals surface area contributed by atoms with E-state index in [2.05, 4.69) is 15.5 Å². The van der Waals surface area contributed by atoms with Crippen LogP contribution in [0.1, 0.15) is 13.3 Å². The molecule has 4 heteroatoms. The monoisotopic (exact) mass is 291 g/mol. The number of nitrogens with zero attached hydrogens (tertiary/aromatic N) is 1. The van der Waals surface area contributed by atoms with Crippen molar-refractivity contribution in [3.05, 3.63) is 60.7 Å². The van der Waals surface area contributed by atoms with E-state index in [4.69, 9.17) is 0 Å². The van der Waals surface area contributed by atoms with Gasteiger partial charge in [0.25, 0.3) is 0 Å². The second kappa shape index (κ2) is 6.26. The van der Waals surface area contributed by atoms with Crippen LogP contribution in [0.25, 0.3) is 22.5 Å². The summed E-state index contributed by atoms with van der Waals surface area (Å²) in [5.41, 5.74) is 4.25. The van der Waals surface area contributed by atoms with E-state index in [0.29, 0.717) is 6.42 Å². The summed E-state index contributed by atoms with van der Waals surface area (Å²) in [6.45, 7) is 1.83. The third kappa shape index (κ3) is 2.76. The first-order valence-corrected chi connectivity index (χ1v) is 7.28. The predicted octanol–water partition coefficient (Wildman–Crippen LogP) is 4.09. The average Bonchev–Trinajstić information content (AvgIpc) is 3.00. The summed E-state index contributed by atoms with van der Waals surface area (Å²) >= 11 is 0. The van der Waals surface area contributed by atoms with Crippen LogP contribution in [0.5, 0.6) is 0 Å². The van der Waals surface area contributed by atoms with Crippen molar-refractivity contribution >= 4 is 11.6 Å². The molecule has 1 amide bonds. The lowest BCUT2D eigenvalue weighted by molar-refractivity contribution is -0.115. The van der Waals surface area contributed by atoms with Crippen molar-refractivity contribution in [3.8, 4) is 22.5 Å². The van der Waals surface area contributed by atoms with E-state index < -0.39 is 0 Å². The highest BCUT2D eigenvalue weighted by Crippen LogP contribution is 2.34. The molecule has 0 unspecified atom stereocenters. The Bertz CT molecular complexity index is 707. The van der Waals surface area contributed by atoms with Crippen LogP contribution < -0.4 is 5.32 Å². The third-order valence-electron chi connectivity index (χ3n) is 3.46. The van der Waals surface area contributed by atoms with Gasteiger partial charge in [-0.1, -0.05) is 67.6 Å². The first kappa shape index (κ1) is 14.1. The van der Waals surface area contributed by atoms with Gasteiger partial charge in [-0.15, -0.1) is 0 Å². The molecule has 0 aliphatic heterocycles. The van der Waals surface area contributed by atoms with Crippen molar-refractivity contribution < 1.29 is 4.79 Å². The van der Waals surface area contributed by atoms with Crippen LogP contribution in [0.3, 0.4) is 0 Å². The Hall–Kier alpha value is -2.88. The van der Waals surface area contributed by atoms with E-state index in [9.17, 15) is 4.79 Å². The maximum absolute atomic E-state index is 11.9. The largest absolute Gasteiger partial charge is 0.322 e. The number of carbonyl (C=O) groups is 1. The standard InChI is InChI=1S/C18H17N3O/c1-2-15(22)19-18-16(13-9-5-3-6-10-13)20-21-17(18)14-11-7-4-8-12-14/h3-12H,2H2,1H3,(H,19,22)(H,20,21). The highest BCUT2D eigenvalue weighted by atomic mass is 16.1. The molecule has 110 valence electrons. The fraction of sp³-hybridized carbons (Fsp3) is 0.111. The Labute approximate surface area is 129 Å². The van der Waals surface area contributed by atoms with Crippen molar-refractivity contribution in [1.82, 2.24) is 10.2 Å². The Morgan fingerprint density at radius 3 is 2.18 bits per heavy atom. The molecule has 0 bridgehead atoms. The number of nitrogens with one attached hydrogen (secondary N) is 2. The number of aromatic nitrogens is 2. The Balaban J connectivity index is 2.12. The molecule has 0 aliphatic carbocycles. The number of anilines is 1. The van der Waals surface area contributed by atoms with Gasteiger partial charge >= 0.3 is 0 Å². The number of amides is 1. The van der Waals surface area contributed by atoms with Crippen LogP contribution in [0, 0.1) is 0 Å². The second-order valence-corrected chi connectivity index (χ2v) is 4.96. The maximum atomic E-state index is 11.9. The minimum Gasteiger partial charge on any atom is -0.322 e. The van der Waals surface area contributed by atoms with Crippen LogP contribution in [0.15, 0.2) is 60.7 Å². The van der Waals surface area contributed by atoms with Crippen molar-refractivity contribution in [3.63, 3.8) is 0 Å². The number of rotatable bonds is 4. The van der Waals surface area contributed by atoms with Gasteiger partial charge in [-0.05, 0) is 0 Å². The van der Waals surface area contributed by atoms with Crippen molar-refractivity contribution in [2.24, 2.45) is 0 Å². The molecule has 0 saturated heterocycles. The molecule has 2 N–H and O–H groups in total. The van der Waals surface area contributed by atoms with E-state index in [1.54, 1.807) is 0 Å². The summed E-state index contributed by atoms with van der Waals surface area (Å²) < 4.78 is 0. The number of benzene rings is 2. The molecule has 22 heavy (non-hydrogen) atoms. The number of carbonyl (C=O) groups excluding carboxylic acids is 1. The Kier molecular flexibility index (Phi) is 4.01. The van der Waals surface area contributed by atoms with E-state index in [-0.39, 0.29) is 5.91 Å². The highest BCUT2D eigenvalue weighted by molar-refractivity contribution is 5.99. The first-order chi connectivity index (χ1) is 10.8. The SMILES string of the molecule is CCC(=O)Nc1c(-c2ccccc2)n[nH]c1-c1ccccc1. The van der Waals surface area contributed by atoms with Crippen LogP contribution in [0.4, 0.5) is 5.69 Å². The normalized spacial score (nSPS) is 10.4. The molecule has 1 aromatic heterocycles. The first-order valence-electron chi connectivity index (χ1n) is 7.28. The molecule has 3 rings (SSSR count). The molecule has 1 heterocycles. The summed E-state index contributed by atoms with van der Waals surface area (Å²) in [4.78, 5) is 11.9. The second-order valence-electron chi connectivity index (χ2n) is 4.96. The molecule has 0 atom stereocenters. The van der Waals surface area contributed by atoms with E-state index in [0.717, 1.165) is 28.2 Å². The molecule has 4 nitrogen and oxygen atoms in total. The van der Waals surface area contributed by atoms with Gasteiger partial charge < -0.3 is 5.32 Å². The molecule has 0 saturated carbocycles. The molecular formula is C18H17N3O. The highest BCUT2D eigenvalue weighted by Gasteiger charge is 2.17. The molecule has 0 fully saturated rings. The molecular weight excluding hydrogens is 274 g/mol. The smallest absolute Gasteiger partial charge is 0.224 e. The summed E-state index contributed by atoms with van der Waals surface area (Å²) in [6, 6.07) is 19.7. The van der Waals surface area contributed by atoms with Crippen molar-refractivity contribution in [2.45, 2.75) is 13.3 Å². The fourth-order valence-electron chi connectivity index (χ4n) is 2.31. The van der Waals surface area contributed by atoms with Crippen molar-refractivity contribution in [2.75, 3.05) is 5.32 Å². The zero-order valence-corrected chi connectivity index (χ0v) is 12.3. The molecule has 2 aromatic carbocycles. The molecule has 0 spiro atoms. The topological polar surface area (TPSA) is 57.8 Å². The Morgan fingerprint density at radius 1 is 1.00 bits per heavy atom. The van der Waals surface area contributed by atoms with Gasteiger partial charge in [0.15, 0.2) is 0 Å². The molecule has 0 radical (unpaired) electrons. The van der Waals surface area contributed by atoms with Crippen molar-refractivity contribution in [1.29, 1.82) is 0 Å². The minimum atomic E-state index is -0.0317. The fourth-order valence-corrected chi connectivity index (χ4v) is 2.31. The summed E-state index contributed by atoms with van der Waals surface area (Å²) in [7, 11) is 0. The summed E-state index contributed by atoms with van der Waals surface area (Å²) in [5.74, 6) is -0.0317. The van der Waals surface area contributed by atoms with Crippen LogP contribution >= 0.6 is 0 Å². The average molecular weight is 291 g/mol. The zero-order valence-electron chi connectivity index (χ0n) is 12.3. The maximum Gasteiger partial charge on any atom is 0.224 e. The van der Waals surface area contributed by atoms with Gasteiger partial charge in [-0.25, -0.2) is 0 Å². The number of H-pyrrole nitrogens is 1. The quantitative estimate of drug-likeness (QED) is 0.760. The van der Waals surface area contributed by atoms with Gasteiger partial charge in [-0.3, -0.25) is 9.89 Å². The summed E-state index contributed by atoms with van der Waals surface area (Å²) in [5, 5.41) is 10.4. The molecule has 0 aliphatic rings. The van der Waals surface area contributed by atoms with E-state index in [1.807, 2.05) is 67.6 Å². The van der Waals surface area contributed by atoms with Crippen LogP contribution in [-0.4, -0.2) is 16.1 Å². The number of hydrogen-bond acceptors (Lipinski definition) is 2. The van der Waals surface area contributed by atoms with Gasteiger partial charge in [0.05, 0.1) is 11.4 Å². The van der Waals surface area contributed by atoms with Gasteiger partial charge in [0.2, 0.25) is 5.91 Å². The zero-order chi connectivity index (χ0) is 15.4. The van der Waals surface area contributed by atoms with Crippen LogP contribution in [-0.2, 0) is 4.79 Å². The lowest BCUT2D eigenvalue weighted by Gasteiger charge is -2.08. The van der Waals surface area contributed by atoms with E-state index >= 15 is 0 Å². The molecule has 3 aromatic rings. The van der Waals surface area contributed by atoms with Gasteiger partial charge in [0, 0.05) is 17.5 Å². The minimum absolute atomic E-state index is 0.0317. The van der Waals surface area contributed by atoms with Gasteiger partial charge in [0.1, 0.15) is 5.69 Å². The predicted molar refractivity (Wildman–Crippen MR) is 88.4 cm³/mol. The lowest BCUT2D eigenvalue weighted by Crippen LogP contribution is -2.10. The lowest BCUT2D eigenvalue weighted by atomic mass is 10.1. The Morgan fingerprint density at radius 2 is 1.59 bits per heavy atom. The number of hydrogen-bond donors (Lipinski definition) is 2. The number of aromatic amines is 1. The van der Waals surface area contributed by atoms with Gasteiger partial charge in [-0.2, -0.15) is 5.10 Å². The summed E-state index contributed by atoms with van der Waals surface area (Å²) in [6.07, 6.45) is 0.424. The van der Waals surface area contributed by atoms with E-state index in [1.165, 1.54) is 0 Å². The third-order valence-corrected chi connectivity index (χ3v) is 3.46.